The van der Waals surface area contributed by atoms with E-state index in [-0.39, 0.29) is 10.6 Å². The molecule has 1 aromatic rings. The molecule has 0 saturated carbocycles. The first-order valence-corrected chi connectivity index (χ1v) is 12.1. The summed E-state index contributed by atoms with van der Waals surface area (Å²) < 4.78 is 27.6. The first-order valence-electron chi connectivity index (χ1n) is 10.7. The van der Waals surface area contributed by atoms with Crippen LogP contribution < -0.4 is 4.90 Å². The molecule has 0 atom stereocenters. The van der Waals surface area contributed by atoms with Crippen molar-refractivity contribution in [2.45, 2.75) is 50.3 Å². The highest BCUT2D eigenvalue weighted by Crippen LogP contribution is 2.33. The fourth-order valence-corrected chi connectivity index (χ4v) is 5.80. The molecular weight excluding hydrogens is 392 g/mol. The van der Waals surface area contributed by atoms with E-state index in [0.29, 0.717) is 25.3 Å². The standard InChI is InChI=1S/C20H32N4O4S/c1-2-10-21-11-7-12-22(16-15-21)19-9-8-18(17-20(19)24(25)26)29(27,28)23-13-5-3-4-6-14-23/h8-9,17H,2-7,10-16H2,1H3. The molecule has 0 amide bonds. The fourth-order valence-electron chi connectivity index (χ4n) is 4.26. The summed E-state index contributed by atoms with van der Waals surface area (Å²) in [5.41, 5.74) is 0.396. The molecular formula is C20H32N4O4S. The molecule has 0 bridgehead atoms. The van der Waals surface area contributed by atoms with Crippen molar-refractivity contribution in [2.24, 2.45) is 0 Å². The number of sulfonamides is 1. The SMILES string of the molecule is CCCN1CCCN(c2ccc(S(=O)(=O)N3CCCCCC3)cc2[N+](=O)[O-])CC1. The molecule has 2 fully saturated rings. The number of nitro groups is 1. The number of nitrogens with zero attached hydrogens (tertiary/aromatic N) is 4. The summed E-state index contributed by atoms with van der Waals surface area (Å²) in [5.74, 6) is 0. The molecule has 9 heteroatoms. The maximum atomic E-state index is 13.1. The Morgan fingerprint density at radius 3 is 2.34 bits per heavy atom. The van der Waals surface area contributed by atoms with Crippen molar-refractivity contribution in [3.63, 3.8) is 0 Å². The molecule has 0 radical (unpaired) electrons. The van der Waals surface area contributed by atoms with Gasteiger partial charge in [-0.15, -0.1) is 0 Å². The molecule has 0 unspecified atom stereocenters. The summed E-state index contributed by atoms with van der Waals surface area (Å²) in [6.07, 6.45) is 5.74. The second kappa shape index (κ2) is 9.86. The Kier molecular flexibility index (Phi) is 7.48. The molecule has 0 aromatic heterocycles. The van der Waals surface area contributed by atoms with E-state index in [0.717, 1.165) is 64.7 Å². The average molecular weight is 425 g/mol. The molecule has 2 aliphatic rings. The van der Waals surface area contributed by atoms with Gasteiger partial charge in [-0.25, -0.2) is 8.42 Å². The lowest BCUT2D eigenvalue weighted by molar-refractivity contribution is -0.384. The largest absolute Gasteiger partial charge is 0.365 e. The third-order valence-corrected chi connectivity index (χ3v) is 7.71. The van der Waals surface area contributed by atoms with E-state index in [2.05, 4.69) is 11.8 Å². The minimum absolute atomic E-state index is 0.0253. The van der Waals surface area contributed by atoms with Crippen LogP contribution in [0.25, 0.3) is 0 Å². The van der Waals surface area contributed by atoms with Gasteiger partial charge in [-0.3, -0.25) is 10.1 Å². The number of hydrogen-bond donors (Lipinski definition) is 0. The summed E-state index contributed by atoms with van der Waals surface area (Å²) in [4.78, 5) is 15.8. The van der Waals surface area contributed by atoms with Gasteiger partial charge in [0.1, 0.15) is 5.69 Å². The van der Waals surface area contributed by atoms with E-state index < -0.39 is 14.9 Å². The van der Waals surface area contributed by atoms with Crippen LogP contribution in [0.15, 0.2) is 23.1 Å². The van der Waals surface area contributed by atoms with Crippen LogP contribution in [-0.2, 0) is 10.0 Å². The van der Waals surface area contributed by atoms with E-state index in [1.54, 1.807) is 6.07 Å². The molecule has 0 spiro atoms. The fraction of sp³-hybridized carbons (Fsp3) is 0.700. The Morgan fingerprint density at radius 2 is 1.69 bits per heavy atom. The molecule has 1 aromatic carbocycles. The Morgan fingerprint density at radius 1 is 0.966 bits per heavy atom. The van der Waals surface area contributed by atoms with Gasteiger partial charge in [0.2, 0.25) is 10.0 Å². The highest BCUT2D eigenvalue weighted by Gasteiger charge is 2.29. The first kappa shape index (κ1) is 22.0. The molecule has 29 heavy (non-hydrogen) atoms. The second-order valence-corrected chi connectivity index (χ2v) is 9.85. The van der Waals surface area contributed by atoms with Crippen LogP contribution >= 0.6 is 0 Å². The lowest BCUT2D eigenvalue weighted by atomic mass is 10.2. The molecule has 8 nitrogen and oxygen atoms in total. The van der Waals surface area contributed by atoms with Crippen molar-refractivity contribution < 1.29 is 13.3 Å². The van der Waals surface area contributed by atoms with Gasteiger partial charge in [0.25, 0.3) is 5.69 Å². The van der Waals surface area contributed by atoms with Gasteiger partial charge >= 0.3 is 0 Å². The lowest BCUT2D eigenvalue weighted by Crippen LogP contribution is -2.32. The highest BCUT2D eigenvalue weighted by molar-refractivity contribution is 7.89. The minimum atomic E-state index is -3.71. The highest BCUT2D eigenvalue weighted by atomic mass is 32.2. The van der Waals surface area contributed by atoms with E-state index >= 15 is 0 Å². The maximum Gasteiger partial charge on any atom is 0.293 e. The molecule has 0 N–H and O–H groups in total. The smallest absolute Gasteiger partial charge is 0.293 e. The van der Waals surface area contributed by atoms with Gasteiger partial charge in [0.15, 0.2) is 0 Å². The minimum Gasteiger partial charge on any atom is -0.365 e. The van der Waals surface area contributed by atoms with Crippen LogP contribution in [-0.4, -0.2) is 68.4 Å². The zero-order chi connectivity index (χ0) is 20.9. The quantitative estimate of drug-likeness (QED) is 0.515. The lowest BCUT2D eigenvalue weighted by Gasteiger charge is -2.24. The molecule has 2 saturated heterocycles. The van der Waals surface area contributed by atoms with Crippen LogP contribution in [0, 0.1) is 10.1 Å². The van der Waals surface area contributed by atoms with Gasteiger partial charge in [0, 0.05) is 38.8 Å². The summed E-state index contributed by atoms with van der Waals surface area (Å²) in [6.45, 7) is 7.44. The van der Waals surface area contributed by atoms with Gasteiger partial charge in [0.05, 0.1) is 9.82 Å². The molecule has 3 rings (SSSR count). The van der Waals surface area contributed by atoms with Crippen LogP contribution in [0.5, 0.6) is 0 Å². The van der Waals surface area contributed by atoms with E-state index in [1.165, 1.54) is 16.4 Å². The third kappa shape index (κ3) is 5.26. The Balaban J connectivity index is 1.86. The summed E-state index contributed by atoms with van der Waals surface area (Å²) in [5, 5.41) is 11.8. The molecule has 162 valence electrons. The summed E-state index contributed by atoms with van der Waals surface area (Å²) >= 11 is 0. The molecule has 2 aliphatic heterocycles. The maximum absolute atomic E-state index is 13.1. The Hall–Kier alpha value is -1.71. The van der Waals surface area contributed by atoms with Gasteiger partial charge in [-0.1, -0.05) is 19.8 Å². The van der Waals surface area contributed by atoms with Gasteiger partial charge in [-0.05, 0) is 50.9 Å². The Labute approximate surface area is 173 Å². The third-order valence-electron chi connectivity index (χ3n) is 5.82. The Bertz CT molecular complexity index is 807. The number of benzene rings is 1. The predicted molar refractivity (Wildman–Crippen MR) is 114 cm³/mol. The van der Waals surface area contributed by atoms with Crippen molar-refractivity contribution in [1.82, 2.24) is 9.21 Å². The number of rotatable bonds is 6. The number of anilines is 1. The van der Waals surface area contributed by atoms with Gasteiger partial charge < -0.3 is 9.80 Å². The second-order valence-electron chi connectivity index (χ2n) is 7.91. The van der Waals surface area contributed by atoms with Crippen molar-refractivity contribution in [2.75, 3.05) is 50.7 Å². The van der Waals surface area contributed by atoms with Crippen LogP contribution in [0.3, 0.4) is 0 Å². The van der Waals surface area contributed by atoms with Crippen molar-refractivity contribution in [3.05, 3.63) is 28.3 Å². The monoisotopic (exact) mass is 424 g/mol. The summed E-state index contributed by atoms with van der Waals surface area (Å²) in [7, 11) is -3.71. The van der Waals surface area contributed by atoms with Crippen LogP contribution in [0.1, 0.15) is 45.4 Å². The van der Waals surface area contributed by atoms with Crippen molar-refractivity contribution in [3.8, 4) is 0 Å². The topological polar surface area (TPSA) is 87.0 Å². The van der Waals surface area contributed by atoms with E-state index in [9.17, 15) is 18.5 Å². The first-order chi connectivity index (χ1) is 13.9. The number of hydrogen-bond acceptors (Lipinski definition) is 6. The van der Waals surface area contributed by atoms with Crippen molar-refractivity contribution >= 4 is 21.4 Å². The number of nitro benzene ring substituents is 1. The predicted octanol–water partition coefficient (Wildman–Crippen LogP) is 3.08. The van der Waals surface area contributed by atoms with Crippen LogP contribution in [0.4, 0.5) is 11.4 Å². The zero-order valence-electron chi connectivity index (χ0n) is 17.3. The molecule has 2 heterocycles. The summed E-state index contributed by atoms with van der Waals surface area (Å²) in [6, 6.07) is 4.42. The average Bonchev–Trinajstić information content (AvgIpc) is 3.11. The molecule has 0 aliphatic carbocycles. The van der Waals surface area contributed by atoms with Crippen molar-refractivity contribution in [1.29, 1.82) is 0 Å². The van der Waals surface area contributed by atoms with Gasteiger partial charge in [-0.2, -0.15) is 4.31 Å². The van der Waals surface area contributed by atoms with E-state index in [1.807, 2.05) is 4.90 Å². The normalized spacial score (nSPS) is 20.2. The van der Waals surface area contributed by atoms with Crippen LogP contribution in [0.2, 0.25) is 0 Å². The zero-order valence-corrected chi connectivity index (χ0v) is 18.1. The van der Waals surface area contributed by atoms with E-state index in [4.69, 9.17) is 0 Å².